The molecule has 0 radical (unpaired) electrons. The SMILES string of the molecule is CC(C)CS(=O)(=O)Cc1ncc(C(=O)N(C)c2cccnc2)n1C. The average Bonchev–Trinajstić information content (AvgIpc) is 2.85. The van der Waals surface area contributed by atoms with Crippen LogP contribution in [0.25, 0.3) is 0 Å². The van der Waals surface area contributed by atoms with Crippen LogP contribution in [-0.4, -0.2) is 41.7 Å². The molecule has 0 saturated heterocycles. The van der Waals surface area contributed by atoms with Gasteiger partial charge in [0, 0.05) is 20.3 Å². The minimum atomic E-state index is -3.26. The van der Waals surface area contributed by atoms with Crippen molar-refractivity contribution in [2.75, 3.05) is 17.7 Å². The van der Waals surface area contributed by atoms with Gasteiger partial charge in [0.05, 0.1) is 23.8 Å². The van der Waals surface area contributed by atoms with Crippen molar-refractivity contribution in [1.82, 2.24) is 14.5 Å². The topological polar surface area (TPSA) is 85.2 Å². The Hall–Kier alpha value is -2.22. The van der Waals surface area contributed by atoms with Crippen molar-refractivity contribution in [3.8, 4) is 0 Å². The van der Waals surface area contributed by atoms with Crippen LogP contribution in [0.3, 0.4) is 0 Å². The highest BCUT2D eigenvalue weighted by atomic mass is 32.2. The summed E-state index contributed by atoms with van der Waals surface area (Å²) in [5.41, 5.74) is 0.980. The van der Waals surface area contributed by atoms with Gasteiger partial charge in [0.2, 0.25) is 0 Å². The molecule has 2 aromatic rings. The van der Waals surface area contributed by atoms with Crippen LogP contribution in [0.1, 0.15) is 30.2 Å². The van der Waals surface area contributed by atoms with E-state index >= 15 is 0 Å². The summed E-state index contributed by atoms with van der Waals surface area (Å²) < 4.78 is 25.8. The van der Waals surface area contributed by atoms with Crippen LogP contribution < -0.4 is 4.90 Å². The van der Waals surface area contributed by atoms with E-state index in [1.807, 2.05) is 13.8 Å². The Kier molecular flexibility index (Phi) is 5.38. The predicted molar refractivity (Wildman–Crippen MR) is 92.5 cm³/mol. The van der Waals surface area contributed by atoms with Crippen molar-refractivity contribution < 1.29 is 13.2 Å². The number of aromatic nitrogens is 3. The molecular formula is C16H22N4O3S. The van der Waals surface area contributed by atoms with Gasteiger partial charge in [-0.25, -0.2) is 13.4 Å². The molecule has 0 fully saturated rings. The number of carbonyl (C=O) groups is 1. The predicted octanol–water partition coefficient (Wildman–Crippen LogP) is 1.66. The molecule has 0 spiro atoms. The van der Waals surface area contributed by atoms with E-state index < -0.39 is 9.84 Å². The van der Waals surface area contributed by atoms with Crippen LogP contribution in [0.4, 0.5) is 5.69 Å². The number of pyridine rings is 1. The van der Waals surface area contributed by atoms with E-state index in [4.69, 9.17) is 0 Å². The van der Waals surface area contributed by atoms with Gasteiger partial charge < -0.3 is 9.47 Å². The second-order valence-corrected chi connectivity index (χ2v) is 8.25. The van der Waals surface area contributed by atoms with E-state index in [1.165, 1.54) is 15.7 Å². The molecule has 2 rings (SSSR count). The lowest BCUT2D eigenvalue weighted by Gasteiger charge is -2.17. The molecule has 8 heteroatoms. The summed E-state index contributed by atoms with van der Waals surface area (Å²) in [6, 6.07) is 3.52. The number of anilines is 1. The maximum atomic E-state index is 12.6. The number of hydrogen-bond acceptors (Lipinski definition) is 5. The fraction of sp³-hybridized carbons (Fsp3) is 0.438. The standard InChI is InChI=1S/C16H22N4O3S/c1-12(2)10-24(22,23)11-15-18-9-14(20(15)4)16(21)19(3)13-6-5-7-17-8-13/h5-9,12H,10-11H2,1-4H3. The second kappa shape index (κ2) is 7.12. The van der Waals surface area contributed by atoms with Crippen molar-refractivity contribution in [3.63, 3.8) is 0 Å². The minimum Gasteiger partial charge on any atom is -0.326 e. The van der Waals surface area contributed by atoms with Gasteiger partial charge in [-0.15, -0.1) is 0 Å². The molecule has 7 nitrogen and oxygen atoms in total. The molecule has 2 heterocycles. The monoisotopic (exact) mass is 350 g/mol. The number of imidazole rings is 1. The molecular weight excluding hydrogens is 328 g/mol. The fourth-order valence-corrected chi connectivity index (χ4v) is 4.18. The first-order valence-electron chi connectivity index (χ1n) is 7.60. The van der Waals surface area contributed by atoms with Crippen molar-refractivity contribution in [2.45, 2.75) is 19.6 Å². The summed E-state index contributed by atoms with van der Waals surface area (Å²) in [7, 11) is 0.0313. The number of carbonyl (C=O) groups excluding carboxylic acids is 1. The zero-order valence-electron chi connectivity index (χ0n) is 14.3. The first-order valence-corrected chi connectivity index (χ1v) is 9.42. The van der Waals surface area contributed by atoms with E-state index in [9.17, 15) is 13.2 Å². The van der Waals surface area contributed by atoms with Crippen LogP contribution in [-0.2, 0) is 22.6 Å². The van der Waals surface area contributed by atoms with Crippen molar-refractivity contribution in [1.29, 1.82) is 0 Å². The highest BCUT2D eigenvalue weighted by Gasteiger charge is 2.22. The Balaban J connectivity index is 2.22. The zero-order valence-corrected chi connectivity index (χ0v) is 15.1. The van der Waals surface area contributed by atoms with E-state index in [0.29, 0.717) is 17.2 Å². The Morgan fingerprint density at radius 2 is 2.04 bits per heavy atom. The highest BCUT2D eigenvalue weighted by molar-refractivity contribution is 7.90. The number of amides is 1. The van der Waals surface area contributed by atoms with E-state index in [2.05, 4.69) is 9.97 Å². The van der Waals surface area contributed by atoms with Gasteiger partial charge in [-0.1, -0.05) is 13.8 Å². The fourth-order valence-electron chi connectivity index (χ4n) is 2.39. The normalized spacial score (nSPS) is 11.7. The van der Waals surface area contributed by atoms with Gasteiger partial charge in [-0.2, -0.15) is 0 Å². The van der Waals surface area contributed by atoms with E-state index in [-0.39, 0.29) is 23.3 Å². The van der Waals surface area contributed by atoms with Crippen LogP contribution in [0.2, 0.25) is 0 Å². The molecule has 0 aliphatic heterocycles. The van der Waals surface area contributed by atoms with Crippen LogP contribution in [0, 0.1) is 5.92 Å². The van der Waals surface area contributed by atoms with Gasteiger partial charge in [-0.3, -0.25) is 9.78 Å². The molecule has 0 aromatic carbocycles. The minimum absolute atomic E-state index is 0.0492. The lowest BCUT2D eigenvalue weighted by molar-refractivity contribution is 0.0985. The van der Waals surface area contributed by atoms with Crippen molar-refractivity contribution in [3.05, 3.63) is 42.2 Å². The van der Waals surface area contributed by atoms with Crippen LogP contribution >= 0.6 is 0 Å². The third-order valence-corrected chi connectivity index (χ3v) is 5.45. The Morgan fingerprint density at radius 3 is 2.62 bits per heavy atom. The lowest BCUT2D eigenvalue weighted by Crippen LogP contribution is -2.28. The summed E-state index contributed by atoms with van der Waals surface area (Å²) in [5.74, 6) is 0.0572. The van der Waals surface area contributed by atoms with Gasteiger partial charge in [0.25, 0.3) is 5.91 Å². The summed E-state index contributed by atoms with van der Waals surface area (Å²) in [6.45, 7) is 3.71. The summed E-state index contributed by atoms with van der Waals surface area (Å²) >= 11 is 0. The largest absolute Gasteiger partial charge is 0.326 e. The Labute approximate surface area is 142 Å². The summed E-state index contributed by atoms with van der Waals surface area (Å²) in [4.78, 5) is 22.2. The number of hydrogen-bond donors (Lipinski definition) is 0. The summed E-state index contributed by atoms with van der Waals surface area (Å²) in [5, 5.41) is 0. The van der Waals surface area contributed by atoms with Gasteiger partial charge in [-0.05, 0) is 18.1 Å². The Morgan fingerprint density at radius 1 is 1.33 bits per heavy atom. The van der Waals surface area contributed by atoms with Gasteiger partial charge in [0.15, 0.2) is 9.84 Å². The van der Waals surface area contributed by atoms with Gasteiger partial charge >= 0.3 is 0 Å². The average molecular weight is 350 g/mol. The third-order valence-electron chi connectivity index (χ3n) is 3.58. The first-order chi connectivity index (χ1) is 11.2. The van der Waals surface area contributed by atoms with Crippen LogP contribution in [0.5, 0.6) is 0 Å². The molecule has 0 saturated carbocycles. The first kappa shape index (κ1) is 18.1. The third kappa shape index (κ3) is 4.19. The maximum absolute atomic E-state index is 12.6. The lowest BCUT2D eigenvalue weighted by atomic mass is 10.3. The molecule has 0 N–H and O–H groups in total. The van der Waals surface area contributed by atoms with Crippen LogP contribution in [0.15, 0.2) is 30.7 Å². The Bertz CT molecular complexity index is 813. The molecule has 0 aliphatic carbocycles. The highest BCUT2D eigenvalue weighted by Crippen LogP contribution is 2.16. The molecule has 0 bridgehead atoms. The molecule has 130 valence electrons. The summed E-state index contributed by atoms with van der Waals surface area (Å²) in [6.07, 6.45) is 4.63. The molecule has 0 unspecified atom stereocenters. The van der Waals surface area contributed by atoms with Crippen molar-refractivity contribution in [2.24, 2.45) is 13.0 Å². The second-order valence-electron chi connectivity index (χ2n) is 6.14. The number of rotatable bonds is 6. The maximum Gasteiger partial charge on any atom is 0.276 e. The molecule has 2 aromatic heterocycles. The van der Waals surface area contributed by atoms with E-state index in [1.54, 1.807) is 38.6 Å². The number of sulfone groups is 1. The smallest absolute Gasteiger partial charge is 0.276 e. The molecule has 0 aliphatic rings. The van der Waals surface area contributed by atoms with E-state index in [0.717, 1.165) is 0 Å². The molecule has 1 amide bonds. The number of nitrogens with zero attached hydrogens (tertiary/aromatic N) is 4. The van der Waals surface area contributed by atoms with Crippen molar-refractivity contribution >= 4 is 21.4 Å². The zero-order chi connectivity index (χ0) is 17.9. The quantitative estimate of drug-likeness (QED) is 0.791. The van der Waals surface area contributed by atoms with Gasteiger partial charge in [0.1, 0.15) is 17.3 Å². The molecule has 0 atom stereocenters. The molecule has 24 heavy (non-hydrogen) atoms.